The van der Waals surface area contributed by atoms with Gasteiger partial charge in [-0.3, -0.25) is 9.59 Å². The van der Waals surface area contributed by atoms with Crippen LogP contribution in [0.2, 0.25) is 0 Å². The summed E-state index contributed by atoms with van der Waals surface area (Å²) in [6, 6.07) is 9.07. The van der Waals surface area contributed by atoms with E-state index in [2.05, 4.69) is 10.6 Å². The third kappa shape index (κ3) is 5.58. The lowest BCUT2D eigenvalue weighted by Crippen LogP contribution is -2.32. The number of carbonyl (C=O) groups is 2. The van der Waals surface area contributed by atoms with Crippen LogP contribution in [-0.2, 0) is 4.79 Å². The van der Waals surface area contributed by atoms with E-state index in [0.29, 0.717) is 36.8 Å². The topological polar surface area (TPSA) is 76.7 Å². The van der Waals surface area contributed by atoms with Crippen molar-refractivity contribution in [3.63, 3.8) is 0 Å². The van der Waals surface area contributed by atoms with Gasteiger partial charge in [-0.25, -0.2) is 0 Å². The van der Waals surface area contributed by atoms with Crippen molar-refractivity contribution in [2.45, 2.75) is 6.42 Å². The molecule has 1 aromatic carbocycles. The van der Waals surface area contributed by atoms with Crippen LogP contribution in [0.15, 0.2) is 41.1 Å². The number of thiophene rings is 1. The molecule has 0 aliphatic rings. The number of rotatable bonds is 9. The molecule has 128 valence electrons. The number of nitrogens with one attached hydrogen (secondary N) is 2. The van der Waals surface area contributed by atoms with E-state index in [4.69, 9.17) is 9.47 Å². The fourth-order valence-corrected chi connectivity index (χ4v) is 2.60. The van der Waals surface area contributed by atoms with Crippen LogP contribution < -0.4 is 20.1 Å². The molecule has 24 heavy (non-hydrogen) atoms. The summed E-state index contributed by atoms with van der Waals surface area (Å²) in [6.07, 6.45) is 0.227. The monoisotopic (exact) mass is 348 g/mol. The molecule has 6 nitrogen and oxygen atoms in total. The second-order valence-electron chi connectivity index (χ2n) is 4.87. The van der Waals surface area contributed by atoms with Crippen molar-refractivity contribution < 1.29 is 19.1 Å². The normalized spacial score (nSPS) is 10.0. The van der Waals surface area contributed by atoms with E-state index in [1.54, 1.807) is 24.6 Å². The number of para-hydroxylation sites is 2. The first-order valence-corrected chi connectivity index (χ1v) is 8.48. The number of hydrogen-bond acceptors (Lipinski definition) is 5. The van der Waals surface area contributed by atoms with E-state index in [1.165, 1.54) is 11.3 Å². The summed E-state index contributed by atoms with van der Waals surface area (Å²) in [5, 5.41) is 9.06. The molecule has 0 saturated carbocycles. The van der Waals surface area contributed by atoms with Crippen LogP contribution >= 0.6 is 11.3 Å². The number of ether oxygens (including phenoxy) is 2. The Bertz CT molecular complexity index is 658. The van der Waals surface area contributed by atoms with Crippen LogP contribution in [0.4, 0.5) is 0 Å². The van der Waals surface area contributed by atoms with Crippen LogP contribution in [0.5, 0.6) is 11.5 Å². The Morgan fingerprint density at radius 1 is 1.08 bits per heavy atom. The number of carbonyl (C=O) groups excluding carboxylic acids is 2. The Labute approximate surface area is 144 Å². The zero-order valence-corrected chi connectivity index (χ0v) is 14.2. The quantitative estimate of drug-likeness (QED) is 0.680. The molecule has 1 aromatic heterocycles. The molecule has 2 N–H and O–H groups in total. The maximum Gasteiger partial charge on any atom is 0.252 e. The van der Waals surface area contributed by atoms with Crippen molar-refractivity contribution in [3.8, 4) is 11.5 Å². The van der Waals surface area contributed by atoms with Crippen molar-refractivity contribution in [2.24, 2.45) is 0 Å². The van der Waals surface area contributed by atoms with Gasteiger partial charge in [-0.1, -0.05) is 12.1 Å². The third-order valence-electron chi connectivity index (χ3n) is 3.17. The highest BCUT2D eigenvalue weighted by Crippen LogP contribution is 2.25. The molecule has 0 radical (unpaired) electrons. The molecule has 0 fully saturated rings. The Kier molecular flexibility index (Phi) is 7.10. The summed E-state index contributed by atoms with van der Waals surface area (Å²) in [5.41, 5.74) is 0.616. The lowest BCUT2D eigenvalue weighted by atomic mass is 10.3. The molecule has 2 amide bonds. The van der Waals surface area contributed by atoms with Crippen LogP contribution in [0.1, 0.15) is 16.8 Å². The van der Waals surface area contributed by atoms with Gasteiger partial charge in [-0.2, -0.15) is 11.3 Å². The standard InChI is InChI=1S/C17H20N2O4S/c1-22-14-4-2-3-5-15(14)23-10-9-18-16(20)6-8-19-17(21)13-7-11-24-12-13/h2-5,7,11-12H,6,8-10H2,1H3,(H,18,20)(H,19,21). The van der Waals surface area contributed by atoms with Gasteiger partial charge in [0, 0.05) is 23.9 Å². The molecule has 0 atom stereocenters. The first-order valence-electron chi connectivity index (χ1n) is 7.53. The zero-order chi connectivity index (χ0) is 17.2. The van der Waals surface area contributed by atoms with Gasteiger partial charge in [0.05, 0.1) is 13.7 Å². The molecule has 0 saturated heterocycles. The van der Waals surface area contributed by atoms with E-state index >= 15 is 0 Å². The highest BCUT2D eigenvalue weighted by atomic mass is 32.1. The zero-order valence-electron chi connectivity index (χ0n) is 13.4. The van der Waals surface area contributed by atoms with Crippen LogP contribution in [-0.4, -0.2) is 38.6 Å². The van der Waals surface area contributed by atoms with E-state index < -0.39 is 0 Å². The highest BCUT2D eigenvalue weighted by Gasteiger charge is 2.07. The second kappa shape index (κ2) is 9.57. The average Bonchev–Trinajstić information content (AvgIpc) is 3.13. The van der Waals surface area contributed by atoms with E-state index in [1.807, 2.05) is 23.6 Å². The maximum absolute atomic E-state index is 11.7. The second-order valence-corrected chi connectivity index (χ2v) is 5.65. The predicted molar refractivity (Wildman–Crippen MR) is 92.8 cm³/mol. The van der Waals surface area contributed by atoms with E-state index in [9.17, 15) is 9.59 Å². The third-order valence-corrected chi connectivity index (χ3v) is 3.86. The maximum atomic E-state index is 11.7. The number of benzene rings is 1. The van der Waals surface area contributed by atoms with Crippen molar-refractivity contribution in [1.29, 1.82) is 0 Å². The molecule has 0 bridgehead atoms. The van der Waals surface area contributed by atoms with Gasteiger partial charge in [0.15, 0.2) is 11.5 Å². The van der Waals surface area contributed by atoms with Crippen molar-refractivity contribution in [3.05, 3.63) is 46.7 Å². The van der Waals surface area contributed by atoms with Gasteiger partial charge in [0.25, 0.3) is 5.91 Å². The van der Waals surface area contributed by atoms with Crippen LogP contribution in [0.3, 0.4) is 0 Å². The summed E-state index contributed by atoms with van der Waals surface area (Å²) >= 11 is 1.46. The summed E-state index contributed by atoms with van der Waals surface area (Å²) < 4.78 is 10.7. The molecule has 7 heteroatoms. The summed E-state index contributed by atoms with van der Waals surface area (Å²) in [5.74, 6) is 0.991. The van der Waals surface area contributed by atoms with Crippen molar-refractivity contribution in [1.82, 2.24) is 10.6 Å². The summed E-state index contributed by atoms with van der Waals surface area (Å²) in [7, 11) is 1.58. The molecule has 0 aliphatic carbocycles. The fraction of sp³-hybridized carbons (Fsp3) is 0.294. The molecule has 0 unspecified atom stereocenters. The first-order chi connectivity index (χ1) is 11.7. The molecule has 2 aromatic rings. The lowest BCUT2D eigenvalue weighted by Gasteiger charge is -2.11. The lowest BCUT2D eigenvalue weighted by molar-refractivity contribution is -0.121. The van der Waals surface area contributed by atoms with Gasteiger partial charge >= 0.3 is 0 Å². The molecular weight excluding hydrogens is 328 g/mol. The number of methoxy groups -OCH3 is 1. The molecule has 0 spiro atoms. The van der Waals surface area contributed by atoms with Gasteiger partial charge in [-0.05, 0) is 23.6 Å². The molecule has 2 rings (SSSR count). The van der Waals surface area contributed by atoms with Crippen molar-refractivity contribution >= 4 is 23.2 Å². The minimum Gasteiger partial charge on any atom is -0.493 e. The largest absolute Gasteiger partial charge is 0.493 e. The van der Waals surface area contributed by atoms with Crippen LogP contribution in [0, 0.1) is 0 Å². The first kappa shape index (κ1) is 17.8. The average molecular weight is 348 g/mol. The Morgan fingerprint density at radius 3 is 2.58 bits per heavy atom. The van der Waals surface area contributed by atoms with Gasteiger partial charge in [0.2, 0.25) is 5.91 Å². The van der Waals surface area contributed by atoms with Gasteiger partial charge in [0.1, 0.15) is 6.61 Å². The molecular formula is C17H20N2O4S. The van der Waals surface area contributed by atoms with Gasteiger partial charge in [-0.15, -0.1) is 0 Å². The predicted octanol–water partition coefficient (Wildman–Crippen LogP) is 2.07. The Balaban J connectivity index is 1.59. The van der Waals surface area contributed by atoms with E-state index in [-0.39, 0.29) is 18.2 Å². The minimum absolute atomic E-state index is 0.135. The number of amides is 2. The highest BCUT2D eigenvalue weighted by molar-refractivity contribution is 7.08. The Morgan fingerprint density at radius 2 is 1.88 bits per heavy atom. The minimum atomic E-state index is -0.163. The fourth-order valence-electron chi connectivity index (χ4n) is 1.96. The molecule has 1 heterocycles. The summed E-state index contributed by atoms with van der Waals surface area (Å²) in [4.78, 5) is 23.4. The smallest absolute Gasteiger partial charge is 0.252 e. The van der Waals surface area contributed by atoms with Crippen LogP contribution in [0.25, 0.3) is 0 Å². The number of hydrogen-bond donors (Lipinski definition) is 2. The Hall–Kier alpha value is -2.54. The van der Waals surface area contributed by atoms with Gasteiger partial charge < -0.3 is 20.1 Å². The van der Waals surface area contributed by atoms with E-state index in [0.717, 1.165) is 0 Å². The SMILES string of the molecule is COc1ccccc1OCCNC(=O)CCNC(=O)c1ccsc1. The molecule has 0 aliphatic heterocycles. The van der Waals surface area contributed by atoms with Crippen molar-refractivity contribution in [2.75, 3.05) is 26.8 Å². The summed E-state index contributed by atoms with van der Waals surface area (Å²) in [6.45, 7) is 1.02.